The SMILES string of the molecule is COc1ccc(C2CCCN2C(=O)NCc2ccccc2OC(F)(F)F)c(OC)c1. The molecule has 0 aromatic heterocycles. The number of methoxy groups -OCH3 is 2. The fourth-order valence-electron chi connectivity index (χ4n) is 3.57. The Balaban J connectivity index is 1.72. The van der Waals surface area contributed by atoms with Crippen LogP contribution in [0.25, 0.3) is 0 Å². The molecule has 0 saturated carbocycles. The molecule has 3 rings (SSSR count). The minimum atomic E-state index is -4.80. The van der Waals surface area contributed by atoms with E-state index < -0.39 is 6.36 Å². The number of carbonyl (C=O) groups excluding carboxylic acids is 1. The van der Waals surface area contributed by atoms with Gasteiger partial charge in [0.25, 0.3) is 0 Å². The fourth-order valence-corrected chi connectivity index (χ4v) is 3.57. The van der Waals surface area contributed by atoms with Crippen LogP contribution in [0.1, 0.15) is 30.0 Å². The molecule has 0 bridgehead atoms. The Morgan fingerprint density at radius 3 is 2.60 bits per heavy atom. The summed E-state index contributed by atoms with van der Waals surface area (Å²) in [6.45, 7) is 0.445. The van der Waals surface area contributed by atoms with Crippen LogP contribution >= 0.6 is 0 Å². The molecule has 1 aliphatic heterocycles. The molecular weight excluding hydrogens is 401 g/mol. The van der Waals surface area contributed by atoms with E-state index in [9.17, 15) is 18.0 Å². The molecule has 9 heteroatoms. The second-order valence-electron chi connectivity index (χ2n) is 6.77. The van der Waals surface area contributed by atoms with Crippen molar-refractivity contribution in [3.63, 3.8) is 0 Å². The molecule has 0 aliphatic carbocycles. The maximum Gasteiger partial charge on any atom is 0.573 e. The lowest BCUT2D eigenvalue weighted by Crippen LogP contribution is -2.39. The van der Waals surface area contributed by atoms with Crippen LogP contribution in [0, 0.1) is 0 Å². The largest absolute Gasteiger partial charge is 0.573 e. The lowest BCUT2D eigenvalue weighted by molar-refractivity contribution is -0.274. The molecule has 162 valence electrons. The summed E-state index contributed by atoms with van der Waals surface area (Å²) in [7, 11) is 3.11. The number of urea groups is 1. The van der Waals surface area contributed by atoms with Crippen LogP contribution in [0.2, 0.25) is 0 Å². The number of alkyl halides is 3. The summed E-state index contributed by atoms with van der Waals surface area (Å²) < 4.78 is 52.5. The number of hydrogen-bond donors (Lipinski definition) is 1. The molecule has 1 atom stereocenters. The molecule has 2 amide bonds. The Morgan fingerprint density at radius 1 is 1.13 bits per heavy atom. The summed E-state index contributed by atoms with van der Waals surface area (Å²) >= 11 is 0. The van der Waals surface area contributed by atoms with Crippen LogP contribution in [0.3, 0.4) is 0 Å². The van der Waals surface area contributed by atoms with Crippen molar-refractivity contribution < 1.29 is 32.2 Å². The summed E-state index contributed by atoms with van der Waals surface area (Å²) in [6, 6.07) is 10.6. The van der Waals surface area contributed by atoms with Crippen LogP contribution in [0.5, 0.6) is 17.2 Å². The third kappa shape index (κ3) is 5.08. The van der Waals surface area contributed by atoms with E-state index in [0.29, 0.717) is 18.0 Å². The van der Waals surface area contributed by atoms with Gasteiger partial charge in [-0.2, -0.15) is 0 Å². The summed E-state index contributed by atoms with van der Waals surface area (Å²) in [4.78, 5) is 14.5. The van der Waals surface area contributed by atoms with Crippen molar-refractivity contribution in [3.05, 3.63) is 53.6 Å². The number of carbonyl (C=O) groups is 1. The van der Waals surface area contributed by atoms with E-state index in [1.807, 2.05) is 6.07 Å². The molecule has 1 unspecified atom stereocenters. The Hall–Kier alpha value is -3.10. The van der Waals surface area contributed by atoms with Gasteiger partial charge in [0.15, 0.2) is 0 Å². The van der Waals surface area contributed by atoms with E-state index in [1.165, 1.54) is 18.2 Å². The second kappa shape index (κ2) is 9.15. The number of nitrogens with zero attached hydrogens (tertiary/aromatic N) is 1. The molecule has 0 radical (unpaired) electrons. The highest BCUT2D eigenvalue weighted by atomic mass is 19.4. The molecule has 0 spiro atoms. The summed E-state index contributed by atoms with van der Waals surface area (Å²) in [5.74, 6) is 0.925. The molecule has 6 nitrogen and oxygen atoms in total. The molecule has 1 fully saturated rings. The number of amides is 2. The van der Waals surface area contributed by atoms with E-state index in [1.54, 1.807) is 37.3 Å². The van der Waals surface area contributed by atoms with Gasteiger partial charge in [-0.05, 0) is 31.0 Å². The Labute approximate surface area is 172 Å². The first kappa shape index (κ1) is 21.6. The Bertz CT molecular complexity index is 889. The highest BCUT2D eigenvalue weighted by Gasteiger charge is 2.33. The van der Waals surface area contributed by atoms with Gasteiger partial charge in [-0.1, -0.05) is 18.2 Å². The first-order valence-corrected chi connectivity index (χ1v) is 9.42. The number of ether oxygens (including phenoxy) is 3. The number of likely N-dealkylation sites (tertiary alicyclic amines) is 1. The van der Waals surface area contributed by atoms with Crippen molar-refractivity contribution in [2.24, 2.45) is 0 Å². The normalized spacial score (nSPS) is 16.3. The predicted molar refractivity (Wildman–Crippen MR) is 104 cm³/mol. The number of nitrogens with one attached hydrogen (secondary N) is 1. The van der Waals surface area contributed by atoms with Gasteiger partial charge < -0.3 is 24.4 Å². The number of rotatable bonds is 6. The van der Waals surface area contributed by atoms with E-state index in [4.69, 9.17) is 9.47 Å². The zero-order valence-electron chi connectivity index (χ0n) is 16.7. The molecule has 1 aliphatic rings. The Morgan fingerprint density at radius 2 is 1.90 bits per heavy atom. The van der Waals surface area contributed by atoms with Gasteiger partial charge in [-0.15, -0.1) is 13.2 Å². The molecule has 2 aromatic rings. The zero-order chi connectivity index (χ0) is 21.7. The lowest BCUT2D eigenvalue weighted by atomic mass is 10.0. The number of hydrogen-bond acceptors (Lipinski definition) is 4. The molecule has 1 N–H and O–H groups in total. The van der Waals surface area contributed by atoms with Gasteiger partial charge in [0, 0.05) is 30.3 Å². The monoisotopic (exact) mass is 424 g/mol. The highest BCUT2D eigenvalue weighted by Crippen LogP contribution is 2.38. The number of para-hydroxylation sites is 1. The summed E-state index contributed by atoms with van der Waals surface area (Å²) in [5.41, 5.74) is 1.09. The molecule has 1 saturated heterocycles. The van der Waals surface area contributed by atoms with Crippen molar-refractivity contribution in [2.45, 2.75) is 31.8 Å². The first-order valence-electron chi connectivity index (χ1n) is 9.42. The second-order valence-corrected chi connectivity index (χ2v) is 6.77. The smallest absolute Gasteiger partial charge is 0.497 e. The van der Waals surface area contributed by atoms with E-state index >= 15 is 0 Å². The van der Waals surface area contributed by atoms with Gasteiger partial charge >= 0.3 is 12.4 Å². The average Bonchev–Trinajstić information content (AvgIpc) is 3.21. The van der Waals surface area contributed by atoms with Crippen molar-refractivity contribution in [2.75, 3.05) is 20.8 Å². The van der Waals surface area contributed by atoms with Crippen LogP contribution in [0.15, 0.2) is 42.5 Å². The minimum absolute atomic E-state index is 0.0892. The lowest BCUT2D eigenvalue weighted by Gasteiger charge is -2.27. The predicted octanol–water partition coefficient (Wildman–Crippen LogP) is 4.65. The van der Waals surface area contributed by atoms with E-state index in [0.717, 1.165) is 18.4 Å². The summed E-state index contributed by atoms with van der Waals surface area (Å²) in [5, 5.41) is 2.70. The van der Waals surface area contributed by atoms with Gasteiger partial charge in [0.1, 0.15) is 17.2 Å². The van der Waals surface area contributed by atoms with Crippen LogP contribution in [-0.2, 0) is 6.54 Å². The van der Waals surface area contributed by atoms with Gasteiger partial charge in [-0.25, -0.2) is 4.79 Å². The molecule has 30 heavy (non-hydrogen) atoms. The van der Waals surface area contributed by atoms with Gasteiger partial charge in [-0.3, -0.25) is 0 Å². The number of benzene rings is 2. The average molecular weight is 424 g/mol. The number of halogens is 3. The van der Waals surface area contributed by atoms with Gasteiger partial charge in [0.2, 0.25) is 0 Å². The van der Waals surface area contributed by atoms with Crippen LogP contribution < -0.4 is 19.5 Å². The maximum atomic E-state index is 12.8. The Kier molecular flexibility index (Phi) is 6.59. The minimum Gasteiger partial charge on any atom is -0.497 e. The molecule has 2 aromatic carbocycles. The van der Waals surface area contributed by atoms with Crippen molar-refractivity contribution in [1.82, 2.24) is 10.2 Å². The summed E-state index contributed by atoms with van der Waals surface area (Å²) in [6.07, 6.45) is -3.24. The highest BCUT2D eigenvalue weighted by molar-refractivity contribution is 5.75. The van der Waals surface area contributed by atoms with Crippen LogP contribution in [-0.4, -0.2) is 38.1 Å². The fraction of sp³-hybridized carbons (Fsp3) is 0.381. The van der Waals surface area contributed by atoms with Crippen molar-refractivity contribution >= 4 is 6.03 Å². The maximum absolute atomic E-state index is 12.8. The topological polar surface area (TPSA) is 60.0 Å². The molecular formula is C21H23F3N2O4. The first-order chi connectivity index (χ1) is 14.3. The van der Waals surface area contributed by atoms with Crippen molar-refractivity contribution in [1.29, 1.82) is 0 Å². The van der Waals surface area contributed by atoms with E-state index in [2.05, 4.69) is 10.1 Å². The van der Waals surface area contributed by atoms with E-state index in [-0.39, 0.29) is 29.9 Å². The third-order valence-corrected chi connectivity index (χ3v) is 4.94. The molecule has 1 heterocycles. The third-order valence-electron chi connectivity index (χ3n) is 4.94. The van der Waals surface area contributed by atoms with Crippen molar-refractivity contribution in [3.8, 4) is 17.2 Å². The van der Waals surface area contributed by atoms with Gasteiger partial charge in [0.05, 0.1) is 20.3 Å². The zero-order valence-corrected chi connectivity index (χ0v) is 16.7. The standard InChI is InChI=1S/C21H23F3N2O4/c1-28-15-9-10-16(19(12-15)29-2)17-7-5-11-26(17)20(27)25-13-14-6-3-4-8-18(14)30-21(22,23)24/h3-4,6,8-10,12,17H,5,7,11,13H2,1-2H3,(H,25,27). The quantitative estimate of drug-likeness (QED) is 0.734. The van der Waals surface area contributed by atoms with Crippen LogP contribution in [0.4, 0.5) is 18.0 Å².